The number of carbonyl (C=O) groups is 1. The summed E-state index contributed by atoms with van der Waals surface area (Å²) in [5.41, 5.74) is 2.40. The van der Waals surface area contributed by atoms with Gasteiger partial charge in [-0.25, -0.2) is 4.99 Å². The third kappa shape index (κ3) is 5.66. The Kier molecular flexibility index (Phi) is 7.65. The summed E-state index contributed by atoms with van der Waals surface area (Å²) in [5.74, 6) is 3.14. The van der Waals surface area contributed by atoms with Gasteiger partial charge >= 0.3 is 0 Å². The molecule has 6 heteroatoms. The molecule has 1 aromatic carbocycles. The number of likely N-dealkylation sites (tertiary alicyclic amines) is 1. The molecular formula is C22H34N4OS. The molecule has 0 spiro atoms. The fourth-order valence-electron chi connectivity index (χ4n) is 3.78. The average Bonchev–Trinajstić information content (AvgIpc) is 3.10. The highest BCUT2D eigenvalue weighted by molar-refractivity contribution is 8.00. The van der Waals surface area contributed by atoms with E-state index in [1.54, 1.807) is 0 Å². The minimum Gasteiger partial charge on any atom is -0.357 e. The molecule has 28 heavy (non-hydrogen) atoms. The Bertz CT molecular complexity index is 691. The van der Waals surface area contributed by atoms with Crippen LogP contribution in [-0.4, -0.2) is 58.8 Å². The Hall–Kier alpha value is -1.69. The number of amides is 1. The van der Waals surface area contributed by atoms with Crippen LogP contribution in [0.2, 0.25) is 0 Å². The van der Waals surface area contributed by atoms with E-state index in [0.29, 0.717) is 24.1 Å². The number of carbonyl (C=O) groups excluding carboxylic acids is 1. The van der Waals surface area contributed by atoms with Crippen molar-refractivity contribution in [2.75, 3.05) is 31.9 Å². The van der Waals surface area contributed by atoms with Crippen molar-refractivity contribution >= 4 is 23.6 Å². The van der Waals surface area contributed by atoms with Crippen LogP contribution in [0.15, 0.2) is 29.3 Å². The van der Waals surface area contributed by atoms with E-state index < -0.39 is 0 Å². The second-order valence-electron chi connectivity index (χ2n) is 8.01. The molecule has 2 aliphatic rings. The molecule has 1 N–H and O–H groups in total. The molecule has 1 atom stereocenters. The molecule has 2 fully saturated rings. The first-order valence-corrected chi connectivity index (χ1v) is 11.6. The Balaban J connectivity index is 1.65. The van der Waals surface area contributed by atoms with Crippen molar-refractivity contribution in [2.24, 2.45) is 10.9 Å². The highest BCUT2D eigenvalue weighted by atomic mass is 32.2. The van der Waals surface area contributed by atoms with Gasteiger partial charge in [0.25, 0.3) is 0 Å². The Morgan fingerprint density at radius 2 is 2.14 bits per heavy atom. The van der Waals surface area contributed by atoms with Crippen molar-refractivity contribution in [2.45, 2.75) is 52.0 Å². The third-order valence-corrected chi connectivity index (χ3v) is 6.96. The highest BCUT2D eigenvalue weighted by Gasteiger charge is 2.25. The summed E-state index contributed by atoms with van der Waals surface area (Å²) in [5, 5.41) is 4.14. The van der Waals surface area contributed by atoms with Gasteiger partial charge in [-0.15, -0.1) is 0 Å². The summed E-state index contributed by atoms with van der Waals surface area (Å²) in [7, 11) is 0. The summed E-state index contributed by atoms with van der Waals surface area (Å²) >= 11 is 2.09. The molecule has 0 radical (unpaired) electrons. The Morgan fingerprint density at radius 1 is 1.32 bits per heavy atom. The van der Waals surface area contributed by atoms with Crippen molar-refractivity contribution in [3.63, 3.8) is 0 Å². The number of nitrogens with one attached hydrogen (secondary N) is 1. The lowest BCUT2D eigenvalue weighted by Gasteiger charge is -2.36. The molecule has 0 aromatic heterocycles. The smallest absolute Gasteiger partial charge is 0.222 e. The lowest BCUT2D eigenvalue weighted by Crippen LogP contribution is -2.49. The maximum atomic E-state index is 11.9. The Morgan fingerprint density at radius 3 is 2.86 bits per heavy atom. The van der Waals surface area contributed by atoms with Gasteiger partial charge in [0.2, 0.25) is 5.91 Å². The van der Waals surface area contributed by atoms with E-state index in [1.807, 2.05) is 4.90 Å². The largest absolute Gasteiger partial charge is 0.357 e. The number of thioether (sulfide) groups is 1. The molecule has 2 heterocycles. The summed E-state index contributed by atoms with van der Waals surface area (Å²) < 4.78 is 0. The van der Waals surface area contributed by atoms with Gasteiger partial charge < -0.3 is 15.1 Å². The number of aliphatic imine (C=N–C) groups is 1. The number of guanidine groups is 1. The van der Waals surface area contributed by atoms with Crippen LogP contribution in [0.25, 0.3) is 0 Å². The minimum absolute atomic E-state index is 0.278. The molecule has 0 aliphatic carbocycles. The number of hydrogen-bond acceptors (Lipinski definition) is 3. The van der Waals surface area contributed by atoms with Crippen LogP contribution in [0, 0.1) is 5.92 Å². The standard InChI is InChI=1S/C22H34N4OS/c1-4-23-22(26-11-12-28-20(16-26)17(2)3)24-14-18-7-5-8-19(13-18)15-25-10-6-9-21(25)27/h5,7-8,13,17,20H,4,6,9-12,14-16H2,1-3H3,(H,23,24). The maximum absolute atomic E-state index is 11.9. The molecule has 1 unspecified atom stereocenters. The van der Waals surface area contributed by atoms with Crippen LogP contribution in [0.5, 0.6) is 0 Å². The van der Waals surface area contributed by atoms with E-state index in [0.717, 1.165) is 50.9 Å². The van der Waals surface area contributed by atoms with Gasteiger partial charge in [-0.05, 0) is 30.4 Å². The van der Waals surface area contributed by atoms with Gasteiger partial charge in [0, 0.05) is 50.1 Å². The van der Waals surface area contributed by atoms with Gasteiger partial charge in [-0.1, -0.05) is 38.1 Å². The average molecular weight is 403 g/mol. The van der Waals surface area contributed by atoms with Gasteiger partial charge in [-0.2, -0.15) is 11.8 Å². The first kappa shape index (κ1) is 21.0. The summed E-state index contributed by atoms with van der Waals surface area (Å²) in [6, 6.07) is 8.52. The van der Waals surface area contributed by atoms with Gasteiger partial charge in [0.05, 0.1) is 6.54 Å². The maximum Gasteiger partial charge on any atom is 0.222 e. The zero-order chi connectivity index (χ0) is 19.9. The fraction of sp³-hybridized carbons (Fsp3) is 0.636. The van der Waals surface area contributed by atoms with E-state index in [9.17, 15) is 4.79 Å². The van der Waals surface area contributed by atoms with Crippen molar-refractivity contribution in [3.8, 4) is 0 Å². The number of rotatable bonds is 6. The summed E-state index contributed by atoms with van der Waals surface area (Å²) in [6.07, 6.45) is 1.68. The first-order valence-electron chi connectivity index (χ1n) is 10.6. The third-order valence-electron chi connectivity index (χ3n) is 5.42. The highest BCUT2D eigenvalue weighted by Crippen LogP contribution is 2.25. The fourth-order valence-corrected chi connectivity index (χ4v) is 5.08. The normalized spacial score (nSPS) is 20.9. The molecule has 1 amide bonds. The molecule has 0 bridgehead atoms. The molecule has 154 valence electrons. The molecule has 0 saturated carbocycles. The molecular weight excluding hydrogens is 368 g/mol. The van der Waals surface area contributed by atoms with Crippen LogP contribution in [-0.2, 0) is 17.9 Å². The quantitative estimate of drug-likeness (QED) is 0.586. The monoisotopic (exact) mass is 402 g/mol. The van der Waals surface area contributed by atoms with E-state index >= 15 is 0 Å². The SMILES string of the molecule is CCNC(=NCc1cccc(CN2CCCC2=O)c1)N1CCSC(C(C)C)C1. The van der Waals surface area contributed by atoms with Gasteiger partial charge in [0.15, 0.2) is 5.96 Å². The molecule has 3 rings (SSSR count). The predicted octanol–water partition coefficient (Wildman–Crippen LogP) is 3.35. The second-order valence-corrected chi connectivity index (χ2v) is 9.36. The van der Waals surface area contributed by atoms with Gasteiger partial charge in [-0.3, -0.25) is 4.79 Å². The molecule has 2 aliphatic heterocycles. The van der Waals surface area contributed by atoms with E-state index in [4.69, 9.17) is 4.99 Å². The van der Waals surface area contributed by atoms with Crippen molar-refractivity contribution in [3.05, 3.63) is 35.4 Å². The van der Waals surface area contributed by atoms with Crippen LogP contribution < -0.4 is 5.32 Å². The lowest BCUT2D eigenvalue weighted by molar-refractivity contribution is -0.128. The Labute approximate surface area is 174 Å². The molecule has 5 nitrogen and oxygen atoms in total. The van der Waals surface area contributed by atoms with E-state index in [-0.39, 0.29) is 5.91 Å². The number of nitrogens with zero attached hydrogens (tertiary/aromatic N) is 3. The summed E-state index contributed by atoms with van der Waals surface area (Å²) in [4.78, 5) is 21.2. The van der Waals surface area contributed by atoms with E-state index in [2.05, 4.69) is 67.0 Å². The zero-order valence-electron chi connectivity index (χ0n) is 17.5. The zero-order valence-corrected chi connectivity index (χ0v) is 18.3. The number of benzene rings is 1. The molecule has 1 aromatic rings. The number of hydrogen-bond donors (Lipinski definition) is 1. The van der Waals surface area contributed by atoms with Crippen LogP contribution in [0.1, 0.15) is 44.7 Å². The summed E-state index contributed by atoms with van der Waals surface area (Å²) in [6.45, 7) is 12.0. The van der Waals surface area contributed by atoms with Gasteiger partial charge in [0.1, 0.15) is 0 Å². The molecule has 2 saturated heterocycles. The van der Waals surface area contributed by atoms with Crippen molar-refractivity contribution < 1.29 is 4.79 Å². The van der Waals surface area contributed by atoms with Crippen molar-refractivity contribution in [1.29, 1.82) is 0 Å². The van der Waals surface area contributed by atoms with E-state index in [1.165, 1.54) is 11.1 Å². The first-order chi connectivity index (χ1) is 13.6. The lowest BCUT2D eigenvalue weighted by atomic mass is 10.1. The topological polar surface area (TPSA) is 47.9 Å². The van der Waals surface area contributed by atoms with Crippen LogP contribution >= 0.6 is 11.8 Å². The predicted molar refractivity (Wildman–Crippen MR) is 119 cm³/mol. The van der Waals surface area contributed by atoms with Crippen LogP contribution in [0.3, 0.4) is 0 Å². The van der Waals surface area contributed by atoms with Crippen molar-refractivity contribution in [1.82, 2.24) is 15.1 Å². The second kappa shape index (κ2) is 10.2. The minimum atomic E-state index is 0.278. The van der Waals surface area contributed by atoms with Crippen LogP contribution in [0.4, 0.5) is 0 Å².